The highest BCUT2D eigenvalue weighted by Gasteiger charge is 2.11. The number of rotatable bonds is 2. The Balaban J connectivity index is 2.20. The van der Waals surface area contributed by atoms with Crippen LogP contribution in [0.1, 0.15) is 31.5 Å². The van der Waals surface area contributed by atoms with Gasteiger partial charge in [-0.3, -0.25) is 4.98 Å². The Morgan fingerprint density at radius 3 is 3.14 bits per heavy atom. The minimum atomic E-state index is 0.671. The van der Waals surface area contributed by atoms with E-state index in [1.54, 1.807) is 0 Å². The lowest BCUT2D eigenvalue weighted by molar-refractivity contribution is 0.286. The van der Waals surface area contributed by atoms with Crippen LogP contribution in [-0.2, 0) is 12.8 Å². The fourth-order valence-corrected chi connectivity index (χ4v) is 1.83. The lowest BCUT2D eigenvalue weighted by Crippen LogP contribution is -2.10. The molecular formula is C12H17NO. The third kappa shape index (κ3) is 2.06. The van der Waals surface area contributed by atoms with Crippen molar-refractivity contribution < 1.29 is 4.74 Å². The highest BCUT2D eigenvalue weighted by molar-refractivity contribution is 5.34. The van der Waals surface area contributed by atoms with Crippen LogP contribution in [0, 0.1) is 5.92 Å². The van der Waals surface area contributed by atoms with E-state index in [-0.39, 0.29) is 0 Å². The van der Waals surface area contributed by atoms with E-state index in [0.717, 1.165) is 31.6 Å². The number of hydrogen-bond donors (Lipinski definition) is 0. The van der Waals surface area contributed by atoms with Gasteiger partial charge in [0.25, 0.3) is 0 Å². The summed E-state index contributed by atoms with van der Waals surface area (Å²) in [6, 6.07) is 2.20. The molecule has 2 heteroatoms. The maximum Gasteiger partial charge on any atom is 0.140 e. The van der Waals surface area contributed by atoms with Gasteiger partial charge in [0.1, 0.15) is 5.75 Å². The standard InChI is InChI=1S/C12H17NO/c1-9(2)6-11-7-10-4-3-5-14-12(10)8-13-11/h7-9H,3-6H2,1-2H3. The summed E-state index contributed by atoms with van der Waals surface area (Å²) in [6.45, 7) is 5.29. The van der Waals surface area contributed by atoms with Crippen molar-refractivity contribution in [2.45, 2.75) is 33.1 Å². The minimum absolute atomic E-state index is 0.671. The van der Waals surface area contributed by atoms with Crippen molar-refractivity contribution in [1.29, 1.82) is 0 Å². The summed E-state index contributed by atoms with van der Waals surface area (Å²) < 4.78 is 5.52. The van der Waals surface area contributed by atoms with Crippen LogP contribution in [-0.4, -0.2) is 11.6 Å². The van der Waals surface area contributed by atoms with Gasteiger partial charge < -0.3 is 4.74 Å². The fourth-order valence-electron chi connectivity index (χ4n) is 1.83. The highest BCUT2D eigenvalue weighted by atomic mass is 16.5. The Labute approximate surface area is 85.3 Å². The molecule has 1 aliphatic rings. The van der Waals surface area contributed by atoms with Gasteiger partial charge in [-0.05, 0) is 36.8 Å². The van der Waals surface area contributed by atoms with Gasteiger partial charge in [-0.2, -0.15) is 0 Å². The molecule has 0 saturated heterocycles. The van der Waals surface area contributed by atoms with Gasteiger partial charge in [0.15, 0.2) is 0 Å². The molecule has 1 aromatic heterocycles. The first-order valence-corrected chi connectivity index (χ1v) is 5.36. The number of pyridine rings is 1. The van der Waals surface area contributed by atoms with E-state index in [0.29, 0.717) is 5.92 Å². The van der Waals surface area contributed by atoms with E-state index >= 15 is 0 Å². The van der Waals surface area contributed by atoms with Gasteiger partial charge in [-0.1, -0.05) is 13.8 Å². The first-order chi connectivity index (χ1) is 6.75. The zero-order valence-electron chi connectivity index (χ0n) is 8.92. The van der Waals surface area contributed by atoms with E-state index in [9.17, 15) is 0 Å². The molecule has 0 N–H and O–H groups in total. The van der Waals surface area contributed by atoms with Crippen LogP contribution < -0.4 is 4.74 Å². The van der Waals surface area contributed by atoms with Crippen molar-refractivity contribution in [2.24, 2.45) is 5.92 Å². The third-order valence-electron chi connectivity index (χ3n) is 2.47. The van der Waals surface area contributed by atoms with Gasteiger partial charge in [-0.25, -0.2) is 0 Å². The zero-order chi connectivity index (χ0) is 9.97. The van der Waals surface area contributed by atoms with Crippen LogP contribution in [0.2, 0.25) is 0 Å². The lowest BCUT2D eigenvalue weighted by atomic mass is 10.0. The molecule has 2 heterocycles. The Morgan fingerprint density at radius 1 is 1.50 bits per heavy atom. The largest absolute Gasteiger partial charge is 0.492 e. The Bertz CT molecular complexity index is 320. The number of ether oxygens (including phenoxy) is 1. The average molecular weight is 191 g/mol. The summed E-state index contributed by atoms with van der Waals surface area (Å²) in [4.78, 5) is 4.41. The third-order valence-corrected chi connectivity index (χ3v) is 2.47. The average Bonchev–Trinajstić information content (AvgIpc) is 2.17. The molecule has 0 fully saturated rings. The predicted octanol–water partition coefficient (Wildman–Crippen LogP) is 2.61. The van der Waals surface area contributed by atoms with Crippen LogP contribution in [0.15, 0.2) is 12.3 Å². The second-order valence-electron chi connectivity index (χ2n) is 4.33. The fraction of sp³-hybridized carbons (Fsp3) is 0.583. The maximum atomic E-state index is 5.52. The quantitative estimate of drug-likeness (QED) is 0.717. The summed E-state index contributed by atoms with van der Waals surface area (Å²) in [5, 5.41) is 0. The molecule has 0 aromatic carbocycles. The number of hydrogen-bond acceptors (Lipinski definition) is 2. The summed E-state index contributed by atoms with van der Waals surface area (Å²) in [7, 11) is 0. The van der Waals surface area contributed by atoms with Crippen molar-refractivity contribution >= 4 is 0 Å². The molecule has 0 radical (unpaired) electrons. The SMILES string of the molecule is CC(C)Cc1cc2c(cn1)OCCC2. The Kier molecular flexibility index (Phi) is 2.71. The first kappa shape index (κ1) is 9.50. The summed E-state index contributed by atoms with van der Waals surface area (Å²) in [6.07, 6.45) is 5.22. The molecule has 0 spiro atoms. The van der Waals surface area contributed by atoms with Crippen molar-refractivity contribution in [3.05, 3.63) is 23.5 Å². The molecule has 76 valence electrons. The molecule has 2 rings (SSSR count). The van der Waals surface area contributed by atoms with E-state index in [1.807, 2.05) is 6.20 Å². The van der Waals surface area contributed by atoms with Gasteiger partial charge in [0.05, 0.1) is 12.8 Å². The topological polar surface area (TPSA) is 22.1 Å². The minimum Gasteiger partial charge on any atom is -0.492 e. The van der Waals surface area contributed by atoms with Crippen molar-refractivity contribution in [3.8, 4) is 5.75 Å². The number of aryl methyl sites for hydroxylation is 1. The van der Waals surface area contributed by atoms with E-state index in [4.69, 9.17) is 4.74 Å². The van der Waals surface area contributed by atoms with Gasteiger partial charge in [0.2, 0.25) is 0 Å². The summed E-state index contributed by atoms with van der Waals surface area (Å²) >= 11 is 0. The highest BCUT2D eigenvalue weighted by Crippen LogP contribution is 2.24. The number of fused-ring (bicyclic) bond motifs is 1. The van der Waals surface area contributed by atoms with Crippen LogP contribution in [0.4, 0.5) is 0 Å². The van der Waals surface area contributed by atoms with Crippen molar-refractivity contribution in [2.75, 3.05) is 6.61 Å². The molecule has 2 nitrogen and oxygen atoms in total. The van der Waals surface area contributed by atoms with Gasteiger partial charge >= 0.3 is 0 Å². The maximum absolute atomic E-state index is 5.52. The molecule has 0 atom stereocenters. The number of aromatic nitrogens is 1. The lowest BCUT2D eigenvalue weighted by Gasteiger charge is -2.17. The van der Waals surface area contributed by atoms with Gasteiger partial charge in [0, 0.05) is 5.69 Å². The molecule has 0 saturated carbocycles. The van der Waals surface area contributed by atoms with E-state index in [1.165, 1.54) is 11.3 Å². The Morgan fingerprint density at radius 2 is 2.36 bits per heavy atom. The molecule has 0 aliphatic carbocycles. The second kappa shape index (κ2) is 3.99. The van der Waals surface area contributed by atoms with Crippen LogP contribution in [0.5, 0.6) is 5.75 Å². The monoisotopic (exact) mass is 191 g/mol. The van der Waals surface area contributed by atoms with Crippen molar-refractivity contribution in [3.63, 3.8) is 0 Å². The van der Waals surface area contributed by atoms with Crippen molar-refractivity contribution in [1.82, 2.24) is 4.98 Å². The van der Waals surface area contributed by atoms with Gasteiger partial charge in [-0.15, -0.1) is 0 Å². The normalized spacial score (nSPS) is 15.1. The molecule has 14 heavy (non-hydrogen) atoms. The Hall–Kier alpha value is -1.05. The van der Waals surface area contributed by atoms with Crippen LogP contribution in [0.3, 0.4) is 0 Å². The zero-order valence-corrected chi connectivity index (χ0v) is 8.92. The molecular weight excluding hydrogens is 174 g/mol. The second-order valence-corrected chi connectivity index (χ2v) is 4.33. The molecule has 1 aliphatic heterocycles. The molecule has 0 amide bonds. The van der Waals surface area contributed by atoms with E-state index < -0.39 is 0 Å². The van der Waals surface area contributed by atoms with Crippen LogP contribution >= 0.6 is 0 Å². The smallest absolute Gasteiger partial charge is 0.140 e. The molecule has 0 unspecified atom stereocenters. The van der Waals surface area contributed by atoms with E-state index in [2.05, 4.69) is 24.9 Å². The summed E-state index contributed by atoms with van der Waals surface area (Å²) in [5.41, 5.74) is 2.53. The number of nitrogens with zero attached hydrogens (tertiary/aromatic N) is 1. The molecule has 0 bridgehead atoms. The first-order valence-electron chi connectivity index (χ1n) is 5.36. The van der Waals surface area contributed by atoms with Crippen LogP contribution in [0.25, 0.3) is 0 Å². The molecule has 1 aromatic rings. The predicted molar refractivity (Wildman–Crippen MR) is 56.6 cm³/mol. The summed E-state index contributed by atoms with van der Waals surface area (Å²) in [5.74, 6) is 1.66.